The van der Waals surface area contributed by atoms with Crippen LogP contribution in [0.25, 0.3) is 0 Å². The zero-order valence-electron chi connectivity index (χ0n) is 12.4. The minimum absolute atomic E-state index is 0.679. The molecule has 0 bridgehead atoms. The van der Waals surface area contributed by atoms with Gasteiger partial charge in [0, 0.05) is 24.2 Å². The van der Waals surface area contributed by atoms with Gasteiger partial charge in [-0.05, 0) is 58.6 Å². The maximum Gasteiger partial charge on any atom is 0.118 e. The summed E-state index contributed by atoms with van der Waals surface area (Å²) in [7, 11) is 2.21. The largest absolute Gasteiger partial charge is 0.465 e. The van der Waals surface area contributed by atoms with Gasteiger partial charge >= 0.3 is 0 Å². The Balaban J connectivity index is 1.55. The first-order valence-electron chi connectivity index (χ1n) is 7.65. The lowest BCUT2D eigenvalue weighted by Gasteiger charge is -2.23. The van der Waals surface area contributed by atoms with Crippen LogP contribution in [0.5, 0.6) is 0 Å². The molecule has 106 valence electrons. The molecule has 1 atom stereocenters. The summed E-state index contributed by atoms with van der Waals surface area (Å²) in [5, 5.41) is 3.56. The molecule has 1 aromatic heterocycles. The van der Waals surface area contributed by atoms with Crippen molar-refractivity contribution in [2.75, 3.05) is 7.05 Å². The van der Waals surface area contributed by atoms with Gasteiger partial charge < -0.3 is 9.73 Å². The molecule has 2 aliphatic carbocycles. The molecule has 2 aliphatic rings. The third-order valence-electron chi connectivity index (χ3n) is 4.63. The predicted molar refractivity (Wildman–Crippen MR) is 77.0 cm³/mol. The van der Waals surface area contributed by atoms with Crippen LogP contribution in [-0.2, 0) is 13.1 Å². The zero-order chi connectivity index (χ0) is 13.4. The van der Waals surface area contributed by atoms with Crippen molar-refractivity contribution in [2.45, 2.75) is 64.7 Å². The van der Waals surface area contributed by atoms with Crippen molar-refractivity contribution in [3.8, 4) is 0 Å². The van der Waals surface area contributed by atoms with Crippen LogP contribution < -0.4 is 5.32 Å². The Kier molecular flexibility index (Phi) is 3.68. The third-order valence-corrected chi connectivity index (χ3v) is 4.63. The Bertz CT molecular complexity index is 432. The molecule has 1 heterocycles. The van der Waals surface area contributed by atoms with Crippen molar-refractivity contribution < 1.29 is 4.42 Å². The molecule has 0 radical (unpaired) electrons. The molecule has 2 saturated carbocycles. The highest BCUT2D eigenvalue weighted by Crippen LogP contribution is 2.35. The quantitative estimate of drug-likeness (QED) is 0.818. The fourth-order valence-electron chi connectivity index (χ4n) is 2.71. The normalized spacial score (nSPS) is 21.1. The number of nitrogens with one attached hydrogen (secondary N) is 1. The van der Waals surface area contributed by atoms with Gasteiger partial charge in [-0.15, -0.1) is 0 Å². The van der Waals surface area contributed by atoms with E-state index in [9.17, 15) is 0 Å². The molecule has 3 heteroatoms. The molecule has 3 nitrogen and oxygen atoms in total. The standard InChI is InChI=1S/C16H26N2O/c1-11(13-4-5-13)18(3)10-16-8-14(12(2)19-16)9-17-15-6-7-15/h8,11,13,15,17H,4-7,9-10H2,1-3H3. The van der Waals surface area contributed by atoms with Gasteiger partial charge in [0.2, 0.25) is 0 Å². The lowest BCUT2D eigenvalue weighted by atomic mass is 10.2. The highest BCUT2D eigenvalue weighted by Gasteiger charge is 2.30. The van der Waals surface area contributed by atoms with Crippen LogP contribution in [0.1, 0.15) is 49.7 Å². The molecule has 19 heavy (non-hydrogen) atoms. The molecule has 2 fully saturated rings. The Morgan fingerprint density at radius 2 is 2.11 bits per heavy atom. The van der Waals surface area contributed by atoms with Crippen molar-refractivity contribution in [3.05, 3.63) is 23.2 Å². The first kappa shape index (κ1) is 13.2. The monoisotopic (exact) mass is 262 g/mol. The van der Waals surface area contributed by atoms with Gasteiger partial charge in [-0.3, -0.25) is 4.90 Å². The van der Waals surface area contributed by atoms with Crippen LogP contribution in [0.3, 0.4) is 0 Å². The molecular weight excluding hydrogens is 236 g/mol. The van der Waals surface area contributed by atoms with Crippen molar-refractivity contribution in [2.24, 2.45) is 5.92 Å². The van der Waals surface area contributed by atoms with Crippen LogP contribution in [0.15, 0.2) is 10.5 Å². The number of hydrogen-bond donors (Lipinski definition) is 1. The lowest BCUT2D eigenvalue weighted by molar-refractivity contribution is 0.209. The van der Waals surface area contributed by atoms with Gasteiger partial charge in [-0.2, -0.15) is 0 Å². The molecule has 0 aromatic carbocycles. The van der Waals surface area contributed by atoms with Gasteiger partial charge in [-0.1, -0.05) is 0 Å². The minimum Gasteiger partial charge on any atom is -0.465 e. The number of nitrogens with zero attached hydrogens (tertiary/aromatic N) is 1. The Hall–Kier alpha value is -0.800. The maximum atomic E-state index is 5.91. The maximum absolute atomic E-state index is 5.91. The summed E-state index contributed by atoms with van der Waals surface area (Å²) in [6.45, 7) is 6.31. The third kappa shape index (κ3) is 3.40. The lowest BCUT2D eigenvalue weighted by Crippen LogP contribution is -2.30. The summed E-state index contributed by atoms with van der Waals surface area (Å²) >= 11 is 0. The minimum atomic E-state index is 0.679. The van der Waals surface area contributed by atoms with E-state index in [2.05, 4.69) is 37.2 Å². The summed E-state index contributed by atoms with van der Waals surface area (Å²) in [6.07, 6.45) is 5.48. The molecule has 1 unspecified atom stereocenters. The topological polar surface area (TPSA) is 28.4 Å². The number of aryl methyl sites for hydroxylation is 1. The number of rotatable bonds is 7. The average Bonchev–Trinajstić information content (AvgIpc) is 3.26. The van der Waals surface area contributed by atoms with E-state index in [0.29, 0.717) is 6.04 Å². The van der Waals surface area contributed by atoms with E-state index in [0.717, 1.165) is 36.6 Å². The summed E-state index contributed by atoms with van der Waals surface area (Å²) < 4.78 is 5.91. The van der Waals surface area contributed by atoms with E-state index in [4.69, 9.17) is 4.42 Å². The van der Waals surface area contributed by atoms with Crippen LogP contribution in [-0.4, -0.2) is 24.0 Å². The number of hydrogen-bond acceptors (Lipinski definition) is 3. The molecular formula is C16H26N2O. The molecule has 0 saturated heterocycles. The van der Waals surface area contributed by atoms with Crippen LogP contribution in [0.4, 0.5) is 0 Å². The fraction of sp³-hybridized carbons (Fsp3) is 0.750. The van der Waals surface area contributed by atoms with Crippen molar-refractivity contribution in [1.29, 1.82) is 0 Å². The van der Waals surface area contributed by atoms with Crippen molar-refractivity contribution in [1.82, 2.24) is 10.2 Å². The van der Waals surface area contributed by atoms with Crippen molar-refractivity contribution in [3.63, 3.8) is 0 Å². The molecule has 0 amide bonds. The van der Waals surface area contributed by atoms with Crippen LogP contribution >= 0.6 is 0 Å². The SMILES string of the molecule is Cc1oc(CN(C)C(C)C2CC2)cc1CNC1CC1. The molecule has 0 aliphatic heterocycles. The highest BCUT2D eigenvalue weighted by molar-refractivity contribution is 5.21. The number of furan rings is 1. The van der Waals surface area contributed by atoms with E-state index >= 15 is 0 Å². The van der Waals surface area contributed by atoms with Crippen LogP contribution in [0, 0.1) is 12.8 Å². The van der Waals surface area contributed by atoms with Gasteiger partial charge in [0.25, 0.3) is 0 Å². The smallest absolute Gasteiger partial charge is 0.118 e. The predicted octanol–water partition coefficient (Wildman–Crippen LogP) is 3.07. The zero-order valence-corrected chi connectivity index (χ0v) is 12.4. The molecule has 0 spiro atoms. The molecule has 1 N–H and O–H groups in total. The van der Waals surface area contributed by atoms with Crippen molar-refractivity contribution >= 4 is 0 Å². The van der Waals surface area contributed by atoms with E-state index in [-0.39, 0.29) is 0 Å². The summed E-state index contributed by atoms with van der Waals surface area (Å²) in [6, 6.07) is 3.68. The first-order chi connectivity index (χ1) is 9.13. The summed E-state index contributed by atoms with van der Waals surface area (Å²) in [5.41, 5.74) is 1.33. The van der Waals surface area contributed by atoms with Gasteiger partial charge in [0.1, 0.15) is 11.5 Å². The van der Waals surface area contributed by atoms with E-state index in [1.54, 1.807) is 0 Å². The second-order valence-corrected chi connectivity index (χ2v) is 6.44. The highest BCUT2D eigenvalue weighted by atomic mass is 16.3. The second-order valence-electron chi connectivity index (χ2n) is 6.44. The second kappa shape index (κ2) is 5.29. The Morgan fingerprint density at radius 1 is 1.37 bits per heavy atom. The van der Waals surface area contributed by atoms with E-state index < -0.39 is 0 Å². The van der Waals surface area contributed by atoms with Gasteiger partial charge in [0.15, 0.2) is 0 Å². The molecule has 3 rings (SSSR count). The Morgan fingerprint density at radius 3 is 2.74 bits per heavy atom. The fourth-order valence-corrected chi connectivity index (χ4v) is 2.71. The van der Waals surface area contributed by atoms with Gasteiger partial charge in [-0.25, -0.2) is 0 Å². The summed E-state index contributed by atoms with van der Waals surface area (Å²) in [5.74, 6) is 3.10. The van der Waals surface area contributed by atoms with Crippen LogP contribution in [0.2, 0.25) is 0 Å². The van der Waals surface area contributed by atoms with E-state index in [1.165, 1.54) is 31.2 Å². The van der Waals surface area contributed by atoms with E-state index in [1.807, 2.05) is 0 Å². The Labute approximate surface area is 116 Å². The first-order valence-corrected chi connectivity index (χ1v) is 7.65. The summed E-state index contributed by atoms with van der Waals surface area (Å²) in [4.78, 5) is 2.42. The molecule has 1 aromatic rings. The average molecular weight is 262 g/mol. The van der Waals surface area contributed by atoms with Gasteiger partial charge in [0.05, 0.1) is 6.54 Å².